The van der Waals surface area contributed by atoms with E-state index in [2.05, 4.69) is 0 Å². The van der Waals surface area contributed by atoms with Crippen molar-refractivity contribution in [1.82, 2.24) is 4.57 Å². The lowest BCUT2D eigenvalue weighted by molar-refractivity contribution is -0.156. The molecule has 0 N–H and O–H groups in total. The average Bonchev–Trinajstić information content (AvgIpc) is 3.07. The molecule has 0 amide bonds. The van der Waals surface area contributed by atoms with Gasteiger partial charge in [-0.05, 0) is 38.5 Å². The summed E-state index contributed by atoms with van der Waals surface area (Å²) in [5.74, 6) is -0.708. The van der Waals surface area contributed by atoms with Crippen LogP contribution in [0.15, 0.2) is 60.8 Å². The first-order valence-electron chi connectivity index (χ1n) is 8.82. The molecule has 0 bridgehead atoms. The molecule has 0 aliphatic rings. The SMILES string of the molecule is CC(C)(C)C(=O)OCn1ccc2cccc(C(=O)OCc3ccccc3)c21. The normalized spacial score (nSPS) is 11.4. The molecule has 1 aromatic heterocycles. The molecule has 0 aliphatic heterocycles. The van der Waals surface area contributed by atoms with E-state index in [1.54, 1.807) is 37.6 Å². The number of aromatic nitrogens is 1. The Morgan fingerprint density at radius 1 is 0.926 bits per heavy atom. The Kier molecular flexibility index (Phi) is 5.31. The van der Waals surface area contributed by atoms with Gasteiger partial charge in [0, 0.05) is 11.6 Å². The number of fused-ring (bicyclic) bond motifs is 1. The smallest absolute Gasteiger partial charge is 0.340 e. The molecule has 5 heteroatoms. The molecule has 3 aromatic rings. The summed E-state index contributed by atoms with van der Waals surface area (Å²) in [6.45, 7) is 5.65. The third kappa shape index (κ3) is 4.37. The maximum atomic E-state index is 12.6. The number of hydrogen-bond donors (Lipinski definition) is 0. The Bertz CT molecular complexity index is 951. The van der Waals surface area contributed by atoms with Gasteiger partial charge < -0.3 is 14.0 Å². The monoisotopic (exact) mass is 365 g/mol. The molecule has 0 fully saturated rings. The maximum absolute atomic E-state index is 12.6. The molecule has 140 valence electrons. The van der Waals surface area contributed by atoms with Crippen molar-refractivity contribution in [3.8, 4) is 0 Å². The molecule has 0 spiro atoms. The summed E-state index contributed by atoms with van der Waals surface area (Å²) in [4.78, 5) is 24.7. The van der Waals surface area contributed by atoms with Crippen LogP contribution >= 0.6 is 0 Å². The molecule has 27 heavy (non-hydrogen) atoms. The van der Waals surface area contributed by atoms with Crippen molar-refractivity contribution in [2.45, 2.75) is 34.1 Å². The summed E-state index contributed by atoms with van der Waals surface area (Å²) in [7, 11) is 0. The minimum Gasteiger partial charge on any atom is -0.457 e. The van der Waals surface area contributed by atoms with Crippen molar-refractivity contribution in [2.24, 2.45) is 5.41 Å². The number of benzene rings is 2. The Morgan fingerprint density at radius 2 is 1.67 bits per heavy atom. The largest absolute Gasteiger partial charge is 0.457 e. The van der Waals surface area contributed by atoms with Gasteiger partial charge in [-0.1, -0.05) is 42.5 Å². The molecule has 2 aromatic carbocycles. The highest BCUT2D eigenvalue weighted by atomic mass is 16.5. The average molecular weight is 365 g/mol. The van der Waals surface area contributed by atoms with Gasteiger partial charge in [0.05, 0.1) is 16.5 Å². The first kappa shape index (κ1) is 18.7. The number of carbonyl (C=O) groups is 2. The number of hydrogen-bond acceptors (Lipinski definition) is 4. The van der Waals surface area contributed by atoms with Crippen molar-refractivity contribution in [1.29, 1.82) is 0 Å². The van der Waals surface area contributed by atoms with Crippen LogP contribution in [0.25, 0.3) is 10.9 Å². The zero-order valence-electron chi connectivity index (χ0n) is 15.8. The lowest BCUT2D eigenvalue weighted by Gasteiger charge is -2.17. The third-order valence-corrected chi connectivity index (χ3v) is 4.17. The van der Waals surface area contributed by atoms with E-state index in [1.807, 2.05) is 48.5 Å². The molecule has 0 unspecified atom stereocenters. The minimum absolute atomic E-state index is 0.0442. The Balaban J connectivity index is 1.80. The van der Waals surface area contributed by atoms with Crippen molar-refractivity contribution in [3.63, 3.8) is 0 Å². The standard InChI is InChI=1S/C22H23NO4/c1-22(2,3)21(25)27-15-23-13-12-17-10-7-11-18(19(17)23)20(24)26-14-16-8-5-4-6-9-16/h4-13H,14-15H2,1-3H3. The fourth-order valence-electron chi connectivity index (χ4n) is 2.68. The maximum Gasteiger partial charge on any atom is 0.340 e. The number of esters is 2. The Hall–Kier alpha value is -3.08. The second-order valence-corrected chi connectivity index (χ2v) is 7.40. The highest BCUT2D eigenvalue weighted by Gasteiger charge is 2.23. The molecule has 0 saturated heterocycles. The van der Waals surface area contributed by atoms with Crippen LogP contribution in [-0.4, -0.2) is 16.5 Å². The fourth-order valence-corrected chi connectivity index (χ4v) is 2.68. The summed E-state index contributed by atoms with van der Waals surface area (Å²) in [5, 5.41) is 0.885. The summed E-state index contributed by atoms with van der Waals surface area (Å²) in [5.41, 5.74) is 1.48. The Labute approximate surface area is 158 Å². The van der Waals surface area contributed by atoms with Crippen LogP contribution in [0.5, 0.6) is 0 Å². The second kappa shape index (κ2) is 7.66. The molecule has 5 nitrogen and oxygen atoms in total. The van der Waals surface area contributed by atoms with Crippen LogP contribution < -0.4 is 0 Å². The van der Waals surface area contributed by atoms with E-state index in [9.17, 15) is 9.59 Å². The molecule has 0 radical (unpaired) electrons. The molecule has 0 atom stereocenters. The minimum atomic E-state index is -0.583. The van der Waals surface area contributed by atoms with Gasteiger partial charge in [-0.25, -0.2) is 4.79 Å². The van der Waals surface area contributed by atoms with Crippen LogP contribution in [-0.2, 0) is 27.6 Å². The van der Waals surface area contributed by atoms with Gasteiger partial charge in [-0.15, -0.1) is 0 Å². The van der Waals surface area contributed by atoms with Gasteiger partial charge in [0.25, 0.3) is 0 Å². The highest BCUT2D eigenvalue weighted by Crippen LogP contribution is 2.23. The van der Waals surface area contributed by atoms with E-state index >= 15 is 0 Å². The zero-order valence-corrected chi connectivity index (χ0v) is 15.8. The number of nitrogens with zero attached hydrogens (tertiary/aromatic N) is 1. The number of ether oxygens (including phenoxy) is 2. The van der Waals surface area contributed by atoms with Gasteiger partial charge in [-0.2, -0.15) is 0 Å². The summed E-state index contributed by atoms with van der Waals surface area (Å²) < 4.78 is 12.6. The van der Waals surface area contributed by atoms with Gasteiger partial charge in [0.2, 0.25) is 0 Å². The van der Waals surface area contributed by atoms with E-state index in [4.69, 9.17) is 9.47 Å². The van der Waals surface area contributed by atoms with Crippen LogP contribution in [0.2, 0.25) is 0 Å². The van der Waals surface area contributed by atoms with Crippen LogP contribution in [0.1, 0.15) is 36.7 Å². The van der Waals surface area contributed by atoms with Crippen molar-refractivity contribution < 1.29 is 19.1 Å². The summed E-state index contributed by atoms with van der Waals surface area (Å²) in [6, 6.07) is 16.9. The second-order valence-electron chi connectivity index (χ2n) is 7.40. The van der Waals surface area contributed by atoms with Crippen molar-refractivity contribution >= 4 is 22.8 Å². The summed E-state index contributed by atoms with van der Waals surface area (Å²) >= 11 is 0. The van der Waals surface area contributed by atoms with E-state index < -0.39 is 11.4 Å². The Morgan fingerprint density at radius 3 is 2.37 bits per heavy atom. The van der Waals surface area contributed by atoms with Crippen molar-refractivity contribution in [2.75, 3.05) is 0 Å². The third-order valence-electron chi connectivity index (χ3n) is 4.17. The lowest BCUT2D eigenvalue weighted by atomic mass is 9.98. The number of carbonyl (C=O) groups excluding carboxylic acids is 2. The van der Waals surface area contributed by atoms with Gasteiger partial charge in [-0.3, -0.25) is 4.79 Å². The molecule has 0 aliphatic carbocycles. The van der Waals surface area contributed by atoms with Gasteiger partial charge in [0.1, 0.15) is 6.61 Å². The number of rotatable bonds is 5. The van der Waals surface area contributed by atoms with E-state index in [-0.39, 0.29) is 19.3 Å². The van der Waals surface area contributed by atoms with Gasteiger partial charge >= 0.3 is 11.9 Å². The first-order chi connectivity index (χ1) is 12.9. The number of para-hydroxylation sites is 1. The quantitative estimate of drug-likeness (QED) is 0.623. The topological polar surface area (TPSA) is 57.5 Å². The van der Waals surface area contributed by atoms with E-state index in [1.165, 1.54) is 0 Å². The van der Waals surface area contributed by atoms with Crippen molar-refractivity contribution in [3.05, 3.63) is 71.9 Å². The van der Waals surface area contributed by atoms with E-state index in [0.29, 0.717) is 11.1 Å². The molecule has 1 heterocycles. The molecular formula is C22H23NO4. The molecule has 3 rings (SSSR count). The van der Waals surface area contributed by atoms with Crippen LogP contribution in [0.3, 0.4) is 0 Å². The lowest BCUT2D eigenvalue weighted by Crippen LogP contribution is -2.24. The van der Waals surface area contributed by atoms with Gasteiger partial charge in [0.15, 0.2) is 6.73 Å². The predicted octanol–water partition coefficient (Wildman–Crippen LogP) is 4.55. The molecule has 0 saturated carbocycles. The van der Waals surface area contributed by atoms with E-state index in [0.717, 1.165) is 10.9 Å². The first-order valence-corrected chi connectivity index (χ1v) is 8.82. The summed E-state index contributed by atoms with van der Waals surface area (Å²) in [6.07, 6.45) is 1.80. The predicted molar refractivity (Wildman–Crippen MR) is 103 cm³/mol. The molecular weight excluding hydrogens is 342 g/mol. The fraction of sp³-hybridized carbons (Fsp3) is 0.273. The van der Waals surface area contributed by atoms with Crippen LogP contribution in [0.4, 0.5) is 0 Å². The van der Waals surface area contributed by atoms with Crippen LogP contribution in [0, 0.1) is 5.41 Å². The zero-order chi connectivity index (χ0) is 19.4. The highest BCUT2D eigenvalue weighted by molar-refractivity contribution is 6.03.